The molecule has 0 bridgehead atoms. The summed E-state index contributed by atoms with van der Waals surface area (Å²) in [4.78, 5) is 12.1. The van der Waals surface area contributed by atoms with Crippen LogP contribution in [0.2, 0.25) is 5.02 Å². The van der Waals surface area contributed by atoms with Gasteiger partial charge in [0, 0.05) is 17.1 Å². The molecule has 21 heavy (non-hydrogen) atoms. The molecule has 1 amide bonds. The molecule has 112 valence electrons. The van der Waals surface area contributed by atoms with Crippen molar-refractivity contribution in [2.75, 3.05) is 6.54 Å². The van der Waals surface area contributed by atoms with Crippen molar-refractivity contribution in [1.82, 2.24) is 10.5 Å². The summed E-state index contributed by atoms with van der Waals surface area (Å²) in [6, 6.07) is 6.96. The Morgan fingerprint density at radius 2 is 2.05 bits per heavy atom. The molecule has 2 rings (SSSR count). The van der Waals surface area contributed by atoms with Gasteiger partial charge in [0.2, 0.25) is 0 Å². The van der Waals surface area contributed by atoms with Crippen LogP contribution in [0.4, 0.5) is 0 Å². The Bertz CT molecular complexity index is 608. The summed E-state index contributed by atoms with van der Waals surface area (Å²) in [5, 5.41) is 16.9. The number of benzene rings is 1. The van der Waals surface area contributed by atoms with Crippen molar-refractivity contribution in [3.05, 3.63) is 41.1 Å². The zero-order chi connectivity index (χ0) is 15.4. The molecule has 2 aromatic rings. The average molecular weight is 309 g/mol. The number of nitrogens with one attached hydrogen (secondary N) is 1. The van der Waals surface area contributed by atoms with Crippen molar-refractivity contribution in [3.63, 3.8) is 0 Å². The van der Waals surface area contributed by atoms with Crippen molar-refractivity contribution < 1.29 is 14.4 Å². The van der Waals surface area contributed by atoms with Crippen molar-refractivity contribution in [2.24, 2.45) is 5.92 Å². The summed E-state index contributed by atoms with van der Waals surface area (Å²) >= 11 is 5.84. The molecule has 0 aliphatic carbocycles. The highest BCUT2D eigenvalue weighted by Gasteiger charge is 2.18. The zero-order valence-corrected chi connectivity index (χ0v) is 12.6. The van der Waals surface area contributed by atoms with Gasteiger partial charge in [0.15, 0.2) is 0 Å². The fourth-order valence-electron chi connectivity index (χ4n) is 1.74. The maximum absolute atomic E-state index is 12.1. The van der Waals surface area contributed by atoms with E-state index in [0.717, 1.165) is 5.56 Å². The Balaban J connectivity index is 2.13. The highest BCUT2D eigenvalue weighted by atomic mass is 35.5. The van der Waals surface area contributed by atoms with Crippen LogP contribution in [-0.4, -0.2) is 28.8 Å². The van der Waals surface area contributed by atoms with E-state index in [2.05, 4.69) is 10.5 Å². The third-order valence-electron chi connectivity index (χ3n) is 3.17. The number of nitrogens with zero attached hydrogens (tertiary/aromatic N) is 1. The van der Waals surface area contributed by atoms with Gasteiger partial charge in [0.05, 0.1) is 6.10 Å². The van der Waals surface area contributed by atoms with Crippen LogP contribution in [0.15, 0.2) is 35.1 Å². The molecule has 0 saturated carbocycles. The second kappa shape index (κ2) is 6.74. The van der Waals surface area contributed by atoms with Crippen molar-refractivity contribution >= 4 is 17.5 Å². The molecular weight excluding hydrogens is 292 g/mol. The third kappa shape index (κ3) is 3.83. The Labute approximate surface area is 127 Å². The van der Waals surface area contributed by atoms with E-state index in [9.17, 15) is 9.90 Å². The first-order valence-electron chi connectivity index (χ1n) is 6.65. The van der Waals surface area contributed by atoms with E-state index in [1.807, 2.05) is 13.8 Å². The van der Waals surface area contributed by atoms with Gasteiger partial charge >= 0.3 is 0 Å². The van der Waals surface area contributed by atoms with E-state index >= 15 is 0 Å². The quantitative estimate of drug-likeness (QED) is 0.890. The van der Waals surface area contributed by atoms with E-state index in [0.29, 0.717) is 16.3 Å². The molecule has 5 nitrogen and oxygen atoms in total. The molecule has 0 radical (unpaired) electrons. The van der Waals surface area contributed by atoms with E-state index in [-0.39, 0.29) is 18.4 Å². The lowest BCUT2D eigenvalue weighted by molar-refractivity contribution is 0.0871. The molecule has 1 aromatic heterocycles. The molecule has 0 fully saturated rings. The summed E-state index contributed by atoms with van der Waals surface area (Å²) in [6.45, 7) is 3.95. The van der Waals surface area contributed by atoms with E-state index in [1.165, 1.54) is 6.26 Å². The van der Waals surface area contributed by atoms with E-state index in [1.54, 1.807) is 24.3 Å². The van der Waals surface area contributed by atoms with E-state index in [4.69, 9.17) is 16.1 Å². The number of hydrogen-bond donors (Lipinski definition) is 2. The summed E-state index contributed by atoms with van der Waals surface area (Å²) in [7, 11) is 0. The number of aromatic nitrogens is 1. The summed E-state index contributed by atoms with van der Waals surface area (Å²) in [5.41, 5.74) is 1.51. The maximum atomic E-state index is 12.1. The van der Waals surface area contributed by atoms with Gasteiger partial charge in [-0.2, -0.15) is 0 Å². The van der Waals surface area contributed by atoms with Gasteiger partial charge in [-0.3, -0.25) is 4.79 Å². The predicted octanol–water partition coefficient (Wildman–Crippen LogP) is 2.74. The number of halogens is 1. The lowest BCUT2D eigenvalue weighted by atomic mass is 10.1. The maximum Gasteiger partial charge on any atom is 0.256 e. The Hall–Kier alpha value is -1.85. The lowest BCUT2D eigenvalue weighted by Gasteiger charge is -2.14. The number of aliphatic hydroxyl groups is 1. The standard InChI is InChI=1S/C15H17ClN2O3/c1-9(2)13(19)7-17-15(20)12-8-21-18-14(12)10-3-5-11(16)6-4-10/h3-6,8-9,13,19H,7H2,1-2H3,(H,17,20). The van der Waals surface area contributed by atoms with Crippen LogP contribution >= 0.6 is 11.6 Å². The number of hydrogen-bond acceptors (Lipinski definition) is 4. The largest absolute Gasteiger partial charge is 0.391 e. The monoisotopic (exact) mass is 308 g/mol. The van der Waals surface area contributed by atoms with Crippen LogP contribution in [0.5, 0.6) is 0 Å². The van der Waals surface area contributed by atoms with Gasteiger partial charge in [-0.05, 0) is 18.1 Å². The lowest BCUT2D eigenvalue weighted by Crippen LogP contribution is -2.34. The van der Waals surface area contributed by atoms with Gasteiger partial charge in [-0.25, -0.2) is 0 Å². The van der Waals surface area contributed by atoms with Crippen molar-refractivity contribution in [3.8, 4) is 11.3 Å². The van der Waals surface area contributed by atoms with Gasteiger partial charge < -0.3 is 14.9 Å². The van der Waals surface area contributed by atoms with Crippen LogP contribution < -0.4 is 5.32 Å². The van der Waals surface area contributed by atoms with Crippen LogP contribution in [0.1, 0.15) is 24.2 Å². The van der Waals surface area contributed by atoms with Gasteiger partial charge in [0.25, 0.3) is 5.91 Å². The van der Waals surface area contributed by atoms with Crippen molar-refractivity contribution in [1.29, 1.82) is 0 Å². The fourth-order valence-corrected chi connectivity index (χ4v) is 1.87. The Morgan fingerprint density at radius 3 is 2.67 bits per heavy atom. The highest BCUT2D eigenvalue weighted by Crippen LogP contribution is 2.23. The summed E-state index contributed by atoms with van der Waals surface area (Å²) in [6.07, 6.45) is 0.703. The number of carbonyl (C=O) groups excluding carboxylic acids is 1. The first kappa shape index (κ1) is 15.5. The highest BCUT2D eigenvalue weighted by molar-refractivity contribution is 6.30. The van der Waals surface area contributed by atoms with Gasteiger partial charge in [-0.1, -0.05) is 42.7 Å². The number of carbonyl (C=O) groups is 1. The molecule has 0 spiro atoms. The Morgan fingerprint density at radius 1 is 1.38 bits per heavy atom. The summed E-state index contributed by atoms with van der Waals surface area (Å²) in [5.74, 6) is -0.260. The van der Waals surface area contributed by atoms with Crippen LogP contribution in [0.3, 0.4) is 0 Å². The van der Waals surface area contributed by atoms with E-state index < -0.39 is 6.10 Å². The number of amides is 1. The average Bonchev–Trinajstić information content (AvgIpc) is 2.94. The smallest absolute Gasteiger partial charge is 0.256 e. The molecule has 6 heteroatoms. The second-order valence-electron chi connectivity index (χ2n) is 5.11. The normalized spacial score (nSPS) is 12.4. The molecule has 1 unspecified atom stereocenters. The molecule has 0 aliphatic rings. The molecule has 0 saturated heterocycles. The SMILES string of the molecule is CC(C)C(O)CNC(=O)c1conc1-c1ccc(Cl)cc1. The Kier molecular flexibility index (Phi) is 4.98. The minimum atomic E-state index is -0.590. The fraction of sp³-hybridized carbons (Fsp3) is 0.333. The molecular formula is C15H17ClN2O3. The second-order valence-corrected chi connectivity index (χ2v) is 5.54. The van der Waals surface area contributed by atoms with Gasteiger partial charge in [0.1, 0.15) is 17.5 Å². The number of rotatable bonds is 5. The summed E-state index contributed by atoms with van der Waals surface area (Å²) < 4.78 is 4.90. The molecule has 0 aliphatic heterocycles. The number of aliphatic hydroxyl groups excluding tert-OH is 1. The molecule has 1 heterocycles. The zero-order valence-electron chi connectivity index (χ0n) is 11.8. The van der Waals surface area contributed by atoms with Crippen LogP contribution in [0.25, 0.3) is 11.3 Å². The first-order chi connectivity index (χ1) is 9.99. The first-order valence-corrected chi connectivity index (χ1v) is 7.03. The third-order valence-corrected chi connectivity index (χ3v) is 3.43. The molecule has 1 atom stereocenters. The predicted molar refractivity (Wildman–Crippen MR) is 80.1 cm³/mol. The van der Waals surface area contributed by atoms with Crippen LogP contribution in [0, 0.1) is 5.92 Å². The van der Waals surface area contributed by atoms with Gasteiger partial charge in [-0.15, -0.1) is 0 Å². The van der Waals surface area contributed by atoms with Crippen molar-refractivity contribution in [2.45, 2.75) is 20.0 Å². The molecule has 1 aromatic carbocycles. The molecule has 2 N–H and O–H groups in total. The topological polar surface area (TPSA) is 75.4 Å². The minimum Gasteiger partial charge on any atom is -0.391 e. The minimum absolute atomic E-state index is 0.0727. The van der Waals surface area contributed by atoms with Crippen LogP contribution in [-0.2, 0) is 0 Å².